The number of carboxylic acids is 1. The first-order valence-electron chi connectivity index (χ1n) is 6.76. The summed E-state index contributed by atoms with van der Waals surface area (Å²) in [6, 6.07) is 11.0. The van der Waals surface area contributed by atoms with Crippen molar-refractivity contribution < 1.29 is 19.4 Å². The molecule has 5 nitrogen and oxygen atoms in total. The molecule has 0 amide bonds. The molecule has 2 aromatic rings. The second-order valence-corrected chi connectivity index (χ2v) is 5.67. The van der Waals surface area contributed by atoms with Crippen LogP contribution in [0.15, 0.2) is 53.2 Å². The van der Waals surface area contributed by atoms with E-state index in [0.29, 0.717) is 15.6 Å². The van der Waals surface area contributed by atoms with E-state index in [2.05, 4.69) is 4.99 Å². The van der Waals surface area contributed by atoms with Crippen molar-refractivity contribution in [3.05, 3.63) is 74.9 Å². The van der Waals surface area contributed by atoms with Crippen LogP contribution in [0.3, 0.4) is 0 Å². The maximum Gasteiger partial charge on any atom is 0.363 e. The van der Waals surface area contributed by atoms with Gasteiger partial charge in [-0.2, -0.15) is 0 Å². The zero-order valence-corrected chi connectivity index (χ0v) is 13.5. The van der Waals surface area contributed by atoms with Crippen LogP contribution in [-0.2, 0) is 9.53 Å². The third-order valence-electron chi connectivity index (χ3n) is 3.26. The molecule has 1 heterocycles. The SMILES string of the molecule is O=C1OC(c2ccccc2C(=O)O)=N/C1=C\c1ccc(Cl)c(Cl)c1. The van der Waals surface area contributed by atoms with Gasteiger partial charge in [0.1, 0.15) is 0 Å². The molecule has 1 aliphatic rings. The van der Waals surface area contributed by atoms with Gasteiger partial charge >= 0.3 is 11.9 Å². The van der Waals surface area contributed by atoms with E-state index in [1.807, 2.05) is 0 Å². The van der Waals surface area contributed by atoms with Gasteiger partial charge in [0.2, 0.25) is 5.90 Å². The van der Waals surface area contributed by atoms with E-state index in [9.17, 15) is 14.7 Å². The lowest BCUT2D eigenvalue weighted by Crippen LogP contribution is -2.11. The first kappa shape index (κ1) is 16.2. The number of hydrogen-bond acceptors (Lipinski definition) is 4. The van der Waals surface area contributed by atoms with Gasteiger partial charge in [-0.05, 0) is 35.9 Å². The number of aromatic carboxylic acids is 1. The topological polar surface area (TPSA) is 76.0 Å². The van der Waals surface area contributed by atoms with Crippen molar-refractivity contribution in [1.82, 2.24) is 0 Å². The van der Waals surface area contributed by atoms with Crippen molar-refractivity contribution in [1.29, 1.82) is 0 Å². The van der Waals surface area contributed by atoms with Crippen LogP contribution < -0.4 is 0 Å². The van der Waals surface area contributed by atoms with Crippen molar-refractivity contribution in [2.45, 2.75) is 0 Å². The summed E-state index contributed by atoms with van der Waals surface area (Å²) in [5, 5.41) is 9.95. The number of carbonyl (C=O) groups excluding carboxylic acids is 1. The molecular weight excluding hydrogens is 353 g/mol. The normalized spacial score (nSPS) is 15.3. The van der Waals surface area contributed by atoms with E-state index in [-0.39, 0.29) is 22.7 Å². The van der Waals surface area contributed by atoms with Gasteiger partial charge in [-0.1, -0.05) is 41.4 Å². The number of aliphatic imine (C=N–C) groups is 1. The number of carbonyl (C=O) groups is 2. The number of esters is 1. The number of rotatable bonds is 3. The molecule has 0 bridgehead atoms. The molecule has 0 saturated heterocycles. The summed E-state index contributed by atoms with van der Waals surface area (Å²) in [5.74, 6) is -1.85. The molecule has 0 unspecified atom stereocenters. The van der Waals surface area contributed by atoms with Crippen molar-refractivity contribution >= 4 is 47.1 Å². The van der Waals surface area contributed by atoms with Crippen LogP contribution >= 0.6 is 23.2 Å². The van der Waals surface area contributed by atoms with Crippen molar-refractivity contribution in [3.63, 3.8) is 0 Å². The molecule has 24 heavy (non-hydrogen) atoms. The Bertz CT molecular complexity index is 919. The van der Waals surface area contributed by atoms with E-state index >= 15 is 0 Å². The Hall–Kier alpha value is -2.63. The van der Waals surface area contributed by atoms with Crippen LogP contribution in [0.5, 0.6) is 0 Å². The monoisotopic (exact) mass is 361 g/mol. The Morgan fingerprint density at radius 2 is 1.88 bits per heavy atom. The number of cyclic esters (lactones) is 1. The van der Waals surface area contributed by atoms with Gasteiger partial charge in [-0.3, -0.25) is 0 Å². The summed E-state index contributed by atoms with van der Waals surface area (Å²) in [5.41, 5.74) is 0.896. The van der Waals surface area contributed by atoms with E-state index in [4.69, 9.17) is 27.9 Å². The molecule has 3 rings (SSSR count). The fourth-order valence-electron chi connectivity index (χ4n) is 2.14. The van der Waals surface area contributed by atoms with Crippen LogP contribution in [-0.4, -0.2) is 22.9 Å². The minimum absolute atomic E-state index is 0.000151. The van der Waals surface area contributed by atoms with Crippen molar-refractivity contribution in [2.75, 3.05) is 0 Å². The van der Waals surface area contributed by atoms with Gasteiger partial charge in [0.25, 0.3) is 0 Å². The van der Waals surface area contributed by atoms with Gasteiger partial charge in [0.05, 0.1) is 21.2 Å². The summed E-state index contributed by atoms with van der Waals surface area (Å²) in [4.78, 5) is 27.3. The number of nitrogens with zero attached hydrogens (tertiary/aromatic N) is 1. The first-order valence-corrected chi connectivity index (χ1v) is 7.51. The molecular formula is C17H9Cl2NO4. The average Bonchev–Trinajstić information content (AvgIpc) is 2.92. The first-order chi connectivity index (χ1) is 11.5. The van der Waals surface area contributed by atoms with Crippen LogP contribution in [0, 0.1) is 0 Å². The lowest BCUT2D eigenvalue weighted by Gasteiger charge is -2.03. The van der Waals surface area contributed by atoms with Crippen LogP contribution in [0.2, 0.25) is 10.0 Å². The van der Waals surface area contributed by atoms with Crippen LogP contribution in [0.25, 0.3) is 6.08 Å². The Balaban J connectivity index is 2.01. The molecule has 0 aliphatic carbocycles. The van der Waals surface area contributed by atoms with Crippen LogP contribution in [0.4, 0.5) is 0 Å². The highest BCUT2D eigenvalue weighted by atomic mass is 35.5. The maximum atomic E-state index is 12.0. The summed E-state index contributed by atoms with van der Waals surface area (Å²) >= 11 is 11.8. The largest absolute Gasteiger partial charge is 0.478 e. The molecule has 7 heteroatoms. The van der Waals surface area contributed by atoms with Gasteiger partial charge in [0, 0.05) is 0 Å². The van der Waals surface area contributed by atoms with Crippen LogP contribution in [0.1, 0.15) is 21.5 Å². The van der Waals surface area contributed by atoms with Crippen molar-refractivity contribution in [3.8, 4) is 0 Å². The zero-order chi connectivity index (χ0) is 17.3. The quantitative estimate of drug-likeness (QED) is 0.661. The third-order valence-corrected chi connectivity index (χ3v) is 3.99. The van der Waals surface area contributed by atoms with Gasteiger partial charge in [-0.25, -0.2) is 14.6 Å². The lowest BCUT2D eigenvalue weighted by molar-refractivity contribution is -0.129. The fourth-order valence-corrected chi connectivity index (χ4v) is 2.45. The second kappa shape index (κ2) is 6.47. The zero-order valence-electron chi connectivity index (χ0n) is 12.0. The maximum absolute atomic E-state index is 12.0. The van der Waals surface area contributed by atoms with Gasteiger partial charge in [-0.15, -0.1) is 0 Å². The Morgan fingerprint density at radius 1 is 1.12 bits per heavy atom. The smallest absolute Gasteiger partial charge is 0.363 e. The number of benzene rings is 2. The molecule has 1 N–H and O–H groups in total. The molecule has 0 spiro atoms. The van der Waals surface area contributed by atoms with Crippen molar-refractivity contribution in [2.24, 2.45) is 4.99 Å². The molecule has 0 saturated carbocycles. The summed E-state index contributed by atoms with van der Waals surface area (Å²) < 4.78 is 5.10. The number of ether oxygens (including phenoxy) is 1. The summed E-state index contributed by atoms with van der Waals surface area (Å²) in [7, 11) is 0. The summed E-state index contributed by atoms with van der Waals surface area (Å²) in [6.45, 7) is 0. The Labute approximate surface area is 146 Å². The number of halogens is 2. The highest BCUT2D eigenvalue weighted by Crippen LogP contribution is 2.26. The average molecular weight is 362 g/mol. The number of carboxylic acid groups (broad SMARTS) is 1. The highest BCUT2D eigenvalue weighted by molar-refractivity contribution is 6.42. The second-order valence-electron chi connectivity index (χ2n) is 4.86. The molecule has 120 valence electrons. The summed E-state index contributed by atoms with van der Waals surface area (Å²) in [6.07, 6.45) is 1.49. The Kier molecular flexibility index (Phi) is 4.38. The minimum atomic E-state index is -1.13. The Morgan fingerprint density at radius 3 is 2.58 bits per heavy atom. The van der Waals surface area contributed by atoms with E-state index in [0.717, 1.165) is 0 Å². The highest BCUT2D eigenvalue weighted by Gasteiger charge is 2.27. The predicted molar refractivity (Wildman–Crippen MR) is 90.5 cm³/mol. The van der Waals surface area contributed by atoms with E-state index in [1.54, 1.807) is 30.3 Å². The lowest BCUT2D eigenvalue weighted by atomic mass is 10.1. The number of hydrogen-bond donors (Lipinski definition) is 1. The molecule has 0 fully saturated rings. The predicted octanol–water partition coefficient (Wildman–Crippen LogP) is 4.04. The van der Waals surface area contributed by atoms with Gasteiger partial charge in [0.15, 0.2) is 5.70 Å². The minimum Gasteiger partial charge on any atom is -0.478 e. The molecule has 1 aliphatic heterocycles. The molecule has 0 radical (unpaired) electrons. The molecule has 2 aromatic carbocycles. The van der Waals surface area contributed by atoms with E-state index in [1.165, 1.54) is 18.2 Å². The van der Waals surface area contributed by atoms with E-state index < -0.39 is 11.9 Å². The standard InChI is InChI=1S/C17H9Cl2NO4/c18-12-6-5-9(7-13(12)19)8-14-17(23)24-15(20-14)10-3-1-2-4-11(10)16(21)22/h1-8H,(H,21,22)/b14-8-. The van der Waals surface area contributed by atoms with Gasteiger partial charge < -0.3 is 9.84 Å². The third kappa shape index (κ3) is 3.18. The fraction of sp³-hybridized carbons (Fsp3) is 0. The molecule has 0 aromatic heterocycles. The molecule has 0 atom stereocenters.